The SMILES string of the molecule is COc1ccc(-n2c(COc3cccc(C)c3)nnc2SCC(=O)Nc2ccccc2)cc1. The van der Waals surface area contributed by atoms with Gasteiger partial charge in [0.2, 0.25) is 5.91 Å². The average Bonchev–Trinajstić information content (AvgIpc) is 3.25. The largest absolute Gasteiger partial charge is 0.497 e. The van der Waals surface area contributed by atoms with E-state index in [-0.39, 0.29) is 18.3 Å². The summed E-state index contributed by atoms with van der Waals surface area (Å²) in [6, 6.07) is 24.8. The molecule has 1 heterocycles. The van der Waals surface area contributed by atoms with E-state index in [1.165, 1.54) is 11.8 Å². The van der Waals surface area contributed by atoms with Gasteiger partial charge in [0.15, 0.2) is 11.0 Å². The summed E-state index contributed by atoms with van der Waals surface area (Å²) in [7, 11) is 1.63. The summed E-state index contributed by atoms with van der Waals surface area (Å²) in [5.41, 5.74) is 2.73. The van der Waals surface area contributed by atoms with E-state index in [0.717, 1.165) is 28.4 Å². The second-order valence-electron chi connectivity index (χ2n) is 7.24. The Balaban J connectivity index is 1.53. The Morgan fingerprint density at radius 3 is 2.48 bits per heavy atom. The molecular weight excluding hydrogens is 436 g/mol. The normalized spacial score (nSPS) is 10.6. The number of carbonyl (C=O) groups is 1. The van der Waals surface area contributed by atoms with E-state index in [1.807, 2.05) is 90.4 Å². The first-order valence-electron chi connectivity index (χ1n) is 10.4. The number of para-hydroxylation sites is 1. The quantitative estimate of drug-likeness (QED) is 0.358. The van der Waals surface area contributed by atoms with Crippen LogP contribution in [0.3, 0.4) is 0 Å². The molecule has 1 aromatic heterocycles. The number of anilines is 1. The number of aromatic nitrogens is 3. The zero-order valence-electron chi connectivity index (χ0n) is 18.4. The van der Waals surface area contributed by atoms with E-state index >= 15 is 0 Å². The van der Waals surface area contributed by atoms with Crippen LogP contribution in [0.4, 0.5) is 5.69 Å². The van der Waals surface area contributed by atoms with Gasteiger partial charge in [0.25, 0.3) is 0 Å². The Morgan fingerprint density at radius 2 is 1.76 bits per heavy atom. The zero-order chi connectivity index (χ0) is 23.0. The molecule has 168 valence electrons. The average molecular weight is 461 g/mol. The van der Waals surface area contributed by atoms with Crippen molar-refractivity contribution in [3.63, 3.8) is 0 Å². The first kappa shape index (κ1) is 22.4. The monoisotopic (exact) mass is 460 g/mol. The molecule has 0 fully saturated rings. The van der Waals surface area contributed by atoms with Crippen molar-refractivity contribution in [1.82, 2.24) is 14.8 Å². The van der Waals surface area contributed by atoms with Crippen LogP contribution >= 0.6 is 11.8 Å². The third kappa shape index (κ3) is 5.93. The number of thioether (sulfide) groups is 1. The highest BCUT2D eigenvalue weighted by atomic mass is 32.2. The number of hydrogen-bond acceptors (Lipinski definition) is 6. The van der Waals surface area contributed by atoms with E-state index in [9.17, 15) is 4.79 Å². The van der Waals surface area contributed by atoms with Crippen LogP contribution in [0.1, 0.15) is 11.4 Å². The first-order valence-corrected chi connectivity index (χ1v) is 11.4. The van der Waals surface area contributed by atoms with Gasteiger partial charge in [0.05, 0.1) is 12.9 Å². The zero-order valence-corrected chi connectivity index (χ0v) is 19.2. The summed E-state index contributed by atoms with van der Waals surface area (Å²) in [6.45, 7) is 2.25. The van der Waals surface area contributed by atoms with Crippen LogP contribution in [0.2, 0.25) is 0 Å². The van der Waals surface area contributed by atoms with Crippen molar-refractivity contribution >= 4 is 23.4 Å². The Bertz CT molecular complexity index is 1210. The summed E-state index contributed by atoms with van der Waals surface area (Å²) in [6.07, 6.45) is 0. The molecule has 3 aromatic carbocycles. The van der Waals surface area contributed by atoms with Crippen LogP contribution in [0.15, 0.2) is 84.0 Å². The van der Waals surface area contributed by atoms with E-state index < -0.39 is 0 Å². The lowest BCUT2D eigenvalue weighted by molar-refractivity contribution is -0.113. The van der Waals surface area contributed by atoms with Gasteiger partial charge < -0.3 is 14.8 Å². The van der Waals surface area contributed by atoms with Crippen LogP contribution in [-0.2, 0) is 11.4 Å². The van der Waals surface area contributed by atoms with Crippen molar-refractivity contribution in [2.45, 2.75) is 18.7 Å². The number of methoxy groups -OCH3 is 1. The summed E-state index contributed by atoms with van der Waals surface area (Å²) in [5, 5.41) is 12.2. The predicted octanol–water partition coefficient (Wildman–Crippen LogP) is 4.89. The molecule has 0 radical (unpaired) electrons. The predicted molar refractivity (Wildman–Crippen MR) is 129 cm³/mol. The maximum atomic E-state index is 12.4. The van der Waals surface area contributed by atoms with Gasteiger partial charge in [-0.15, -0.1) is 10.2 Å². The van der Waals surface area contributed by atoms with E-state index in [1.54, 1.807) is 7.11 Å². The number of rotatable bonds is 9. The maximum Gasteiger partial charge on any atom is 0.234 e. The third-order valence-electron chi connectivity index (χ3n) is 4.78. The topological polar surface area (TPSA) is 78.3 Å². The van der Waals surface area contributed by atoms with Crippen molar-refractivity contribution < 1.29 is 14.3 Å². The molecule has 0 saturated carbocycles. The van der Waals surface area contributed by atoms with Gasteiger partial charge in [-0.25, -0.2) is 0 Å². The van der Waals surface area contributed by atoms with E-state index in [4.69, 9.17) is 9.47 Å². The molecule has 0 saturated heterocycles. The molecule has 4 aromatic rings. The van der Waals surface area contributed by atoms with Crippen LogP contribution in [0.25, 0.3) is 5.69 Å². The standard InChI is InChI=1S/C25H24N4O3S/c1-18-7-6-10-22(15-18)32-16-23-27-28-25(29(23)20-11-13-21(31-2)14-12-20)33-17-24(30)26-19-8-4-3-5-9-19/h3-15H,16-17H2,1-2H3,(H,26,30). The van der Waals surface area contributed by atoms with Gasteiger partial charge in [-0.05, 0) is 61.0 Å². The number of hydrogen-bond donors (Lipinski definition) is 1. The number of nitrogens with one attached hydrogen (secondary N) is 1. The molecule has 1 N–H and O–H groups in total. The van der Waals surface area contributed by atoms with Crippen LogP contribution < -0.4 is 14.8 Å². The Labute approximate surface area is 196 Å². The fourth-order valence-electron chi connectivity index (χ4n) is 3.18. The lowest BCUT2D eigenvalue weighted by Crippen LogP contribution is -2.14. The molecule has 8 heteroatoms. The van der Waals surface area contributed by atoms with Gasteiger partial charge >= 0.3 is 0 Å². The van der Waals surface area contributed by atoms with Crippen molar-refractivity contribution in [3.8, 4) is 17.2 Å². The molecule has 0 spiro atoms. The number of ether oxygens (including phenoxy) is 2. The van der Waals surface area contributed by atoms with Crippen molar-refractivity contribution in [2.24, 2.45) is 0 Å². The minimum atomic E-state index is -0.118. The molecule has 0 aliphatic heterocycles. The molecule has 7 nitrogen and oxygen atoms in total. The van der Waals surface area contributed by atoms with Crippen molar-refractivity contribution in [1.29, 1.82) is 0 Å². The molecule has 0 unspecified atom stereocenters. The van der Waals surface area contributed by atoms with Crippen LogP contribution in [0.5, 0.6) is 11.5 Å². The Hall–Kier alpha value is -3.78. The lowest BCUT2D eigenvalue weighted by atomic mass is 10.2. The highest BCUT2D eigenvalue weighted by Gasteiger charge is 2.17. The highest BCUT2D eigenvalue weighted by molar-refractivity contribution is 7.99. The number of aryl methyl sites for hydroxylation is 1. The molecule has 33 heavy (non-hydrogen) atoms. The Kier molecular flexibility index (Phi) is 7.26. The second kappa shape index (κ2) is 10.7. The van der Waals surface area contributed by atoms with Gasteiger partial charge in [-0.1, -0.05) is 42.1 Å². The maximum absolute atomic E-state index is 12.4. The number of benzene rings is 3. The molecule has 0 aliphatic rings. The highest BCUT2D eigenvalue weighted by Crippen LogP contribution is 2.25. The number of nitrogens with zero attached hydrogens (tertiary/aromatic N) is 3. The summed E-state index contributed by atoms with van der Waals surface area (Å²) >= 11 is 1.31. The second-order valence-corrected chi connectivity index (χ2v) is 8.18. The van der Waals surface area contributed by atoms with E-state index in [0.29, 0.717) is 11.0 Å². The smallest absolute Gasteiger partial charge is 0.234 e. The molecule has 0 bridgehead atoms. The number of carbonyl (C=O) groups excluding carboxylic acids is 1. The first-order chi connectivity index (χ1) is 16.1. The van der Waals surface area contributed by atoms with Gasteiger partial charge in [0.1, 0.15) is 18.1 Å². The van der Waals surface area contributed by atoms with Crippen LogP contribution in [-0.4, -0.2) is 33.5 Å². The summed E-state index contributed by atoms with van der Waals surface area (Å²) in [4.78, 5) is 12.4. The van der Waals surface area contributed by atoms with Crippen molar-refractivity contribution in [3.05, 3.63) is 90.3 Å². The molecule has 0 aliphatic carbocycles. The molecule has 4 rings (SSSR count). The summed E-state index contributed by atoms with van der Waals surface area (Å²) in [5.74, 6) is 2.22. The van der Waals surface area contributed by atoms with Crippen molar-refractivity contribution in [2.75, 3.05) is 18.2 Å². The van der Waals surface area contributed by atoms with Gasteiger partial charge in [-0.2, -0.15) is 0 Å². The summed E-state index contributed by atoms with van der Waals surface area (Å²) < 4.78 is 13.1. The fraction of sp³-hybridized carbons (Fsp3) is 0.160. The third-order valence-corrected chi connectivity index (χ3v) is 5.71. The molecule has 1 amide bonds. The van der Waals surface area contributed by atoms with Crippen LogP contribution in [0, 0.1) is 6.92 Å². The lowest BCUT2D eigenvalue weighted by Gasteiger charge is -2.12. The number of amides is 1. The van der Waals surface area contributed by atoms with Gasteiger partial charge in [0, 0.05) is 11.4 Å². The van der Waals surface area contributed by atoms with E-state index in [2.05, 4.69) is 15.5 Å². The fourth-order valence-corrected chi connectivity index (χ4v) is 3.95. The minimum absolute atomic E-state index is 0.118. The molecule has 0 atom stereocenters. The van der Waals surface area contributed by atoms with Gasteiger partial charge in [-0.3, -0.25) is 9.36 Å². The molecular formula is C25H24N4O3S. The Morgan fingerprint density at radius 1 is 0.970 bits per heavy atom. The minimum Gasteiger partial charge on any atom is -0.497 e.